The van der Waals surface area contributed by atoms with Crippen LogP contribution < -0.4 is 0 Å². The van der Waals surface area contributed by atoms with Crippen LogP contribution in [0.4, 0.5) is 4.39 Å². The number of amides is 1. The van der Waals surface area contributed by atoms with E-state index in [4.69, 9.17) is 0 Å². The highest BCUT2D eigenvalue weighted by atomic mass is 19.1. The number of aromatic nitrogens is 2. The van der Waals surface area contributed by atoms with Gasteiger partial charge in [-0.05, 0) is 31.0 Å². The summed E-state index contributed by atoms with van der Waals surface area (Å²) in [5.74, 6) is -0.498. The first kappa shape index (κ1) is 16.6. The number of nitrogens with zero attached hydrogens (tertiary/aromatic N) is 3. The fourth-order valence-corrected chi connectivity index (χ4v) is 3.24. The molecule has 1 aliphatic rings. The van der Waals surface area contributed by atoms with E-state index in [0.717, 1.165) is 25.7 Å². The monoisotopic (exact) mass is 331 g/mol. The van der Waals surface area contributed by atoms with Crippen molar-refractivity contribution >= 4 is 5.91 Å². The summed E-state index contributed by atoms with van der Waals surface area (Å²) >= 11 is 0. The number of para-hydroxylation sites is 1. The van der Waals surface area contributed by atoms with Gasteiger partial charge in [-0.15, -0.1) is 0 Å². The largest absolute Gasteiger partial charge is 0.393 e. The number of aliphatic hydroxyl groups is 1. The van der Waals surface area contributed by atoms with E-state index in [1.165, 1.54) is 10.7 Å². The number of hydrogen-bond donors (Lipinski definition) is 1. The number of hydrogen-bond acceptors (Lipinski definition) is 3. The number of halogens is 1. The Balaban J connectivity index is 1.70. The molecule has 1 aromatic carbocycles. The molecule has 5 nitrogen and oxygen atoms in total. The third kappa shape index (κ3) is 3.48. The van der Waals surface area contributed by atoms with Crippen molar-refractivity contribution in [2.75, 3.05) is 13.6 Å². The Bertz CT molecular complexity index is 716. The van der Waals surface area contributed by atoms with E-state index in [-0.39, 0.29) is 23.6 Å². The third-order valence-electron chi connectivity index (χ3n) is 4.63. The lowest BCUT2D eigenvalue weighted by Crippen LogP contribution is -2.38. The van der Waals surface area contributed by atoms with Crippen LogP contribution >= 0.6 is 0 Å². The molecule has 2 unspecified atom stereocenters. The Kier molecular flexibility index (Phi) is 4.94. The van der Waals surface area contributed by atoms with Gasteiger partial charge < -0.3 is 10.0 Å². The highest BCUT2D eigenvalue weighted by molar-refractivity contribution is 5.92. The molecule has 0 aliphatic heterocycles. The smallest absolute Gasteiger partial charge is 0.274 e. The SMILES string of the molecule is CN(CC1CCCCC1O)C(=O)c1ccn(-c2ccccc2F)n1. The van der Waals surface area contributed by atoms with Gasteiger partial charge in [0, 0.05) is 25.7 Å². The Labute approximate surface area is 140 Å². The molecule has 1 heterocycles. The fraction of sp³-hybridized carbons (Fsp3) is 0.444. The van der Waals surface area contributed by atoms with E-state index in [2.05, 4.69) is 5.10 Å². The molecule has 3 rings (SSSR count). The van der Waals surface area contributed by atoms with Gasteiger partial charge in [-0.3, -0.25) is 4.79 Å². The van der Waals surface area contributed by atoms with E-state index in [1.54, 1.807) is 42.4 Å². The van der Waals surface area contributed by atoms with Crippen LogP contribution in [0.5, 0.6) is 0 Å². The van der Waals surface area contributed by atoms with Crippen molar-refractivity contribution in [3.05, 3.63) is 48.0 Å². The number of carbonyl (C=O) groups excluding carboxylic acids is 1. The quantitative estimate of drug-likeness (QED) is 0.937. The lowest BCUT2D eigenvalue weighted by atomic mass is 9.86. The van der Waals surface area contributed by atoms with Crippen LogP contribution in [0.2, 0.25) is 0 Å². The van der Waals surface area contributed by atoms with Crippen LogP contribution in [0, 0.1) is 11.7 Å². The average molecular weight is 331 g/mol. The summed E-state index contributed by atoms with van der Waals surface area (Å²) in [6.07, 6.45) is 5.10. The molecule has 24 heavy (non-hydrogen) atoms. The minimum atomic E-state index is -0.390. The van der Waals surface area contributed by atoms with Crippen molar-refractivity contribution in [3.8, 4) is 5.69 Å². The predicted octanol–water partition coefficient (Wildman–Crippen LogP) is 2.63. The topological polar surface area (TPSA) is 58.4 Å². The molecule has 2 atom stereocenters. The fourth-order valence-electron chi connectivity index (χ4n) is 3.24. The van der Waals surface area contributed by atoms with Gasteiger partial charge in [0.15, 0.2) is 5.69 Å². The number of benzene rings is 1. The molecule has 1 saturated carbocycles. The molecule has 1 amide bonds. The molecule has 0 radical (unpaired) electrons. The van der Waals surface area contributed by atoms with Crippen LogP contribution in [0.25, 0.3) is 5.69 Å². The molecule has 6 heteroatoms. The van der Waals surface area contributed by atoms with E-state index >= 15 is 0 Å². The maximum Gasteiger partial charge on any atom is 0.274 e. The standard InChI is InChI=1S/C18H22FN3O2/c1-21(12-13-6-2-5-9-17(13)23)18(24)15-10-11-22(20-15)16-8-4-3-7-14(16)19/h3-4,7-8,10-11,13,17,23H,2,5-6,9,12H2,1H3. The number of aliphatic hydroxyl groups excluding tert-OH is 1. The molecule has 1 aliphatic carbocycles. The summed E-state index contributed by atoms with van der Waals surface area (Å²) in [5.41, 5.74) is 0.577. The first-order chi connectivity index (χ1) is 11.6. The minimum absolute atomic E-state index is 0.112. The van der Waals surface area contributed by atoms with Crippen LogP contribution in [0.3, 0.4) is 0 Å². The summed E-state index contributed by atoms with van der Waals surface area (Å²) in [7, 11) is 1.71. The lowest BCUT2D eigenvalue weighted by molar-refractivity contribution is 0.0448. The van der Waals surface area contributed by atoms with Crippen LogP contribution in [-0.2, 0) is 0 Å². The molecule has 0 spiro atoms. The van der Waals surface area contributed by atoms with Crippen molar-refractivity contribution in [2.45, 2.75) is 31.8 Å². The number of rotatable bonds is 4. The molecule has 1 N–H and O–H groups in total. The van der Waals surface area contributed by atoms with E-state index in [9.17, 15) is 14.3 Å². The van der Waals surface area contributed by atoms with Crippen molar-refractivity contribution in [1.29, 1.82) is 0 Å². The van der Waals surface area contributed by atoms with Crippen molar-refractivity contribution in [2.24, 2.45) is 5.92 Å². The molecular weight excluding hydrogens is 309 g/mol. The zero-order valence-electron chi connectivity index (χ0n) is 13.7. The van der Waals surface area contributed by atoms with Gasteiger partial charge in [0.2, 0.25) is 0 Å². The minimum Gasteiger partial charge on any atom is -0.393 e. The zero-order chi connectivity index (χ0) is 17.1. The molecule has 0 saturated heterocycles. The second kappa shape index (κ2) is 7.13. The van der Waals surface area contributed by atoms with Crippen LogP contribution in [0.1, 0.15) is 36.2 Å². The Morgan fingerprint density at radius 3 is 2.83 bits per heavy atom. The van der Waals surface area contributed by atoms with Gasteiger partial charge >= 0.3 is 0 Å². The van der Waals surface area contributed by atoms with Gasteiger partial charge in [0.1, 0.15) is 11.5 Å². The highest BCUT2D eigenvalue weighted by Crippen LogP contribution is 2.25. The second-order valence-electron chi connectivity index (χ2n) is 6.39. The molecule has 0 bridgehead atoms. The summed E-state index contributed by atoms with van der Waals surface area (Å²) in [6.45, 7) is 0.507. The van der Waals surface area contributed by atoms with E-state index < -0.39 is 5.82 Å². The van der Waals surface area contributed by atoms with Gasteiger partial charge in [-0.25, -0.2) is 9.07 Å². The Hall–Kier alpha value is -2.21. The molecule has 1 fully saturated rings. The van der Waals surface area contributed by atoms with Crippen molar-refractivity contribution in [3.63, 3.8) is 0 Å². The van der Waals surface area contributed by atoms with Crippen molar-refractivity contribution in [1.82, 2.24) is 14.7 Å². The van der Waals surface area contributed by atoms with Gasteiger partial charge in [0.05, 0.1) is 6.10 Å². The summed E-state index contributed by atoms with van der Waals surface area (Å²) < 4.78 is 15.2. The van der Waals surface area contributed by atoms with Crippen molar-refractivity contribution < 1.29 is 14.3 Å². The predicted molar refractivity (Wildman–Crippen MR) is 88.4 cm³/mol. The molecular formula is C18H22FN3O2. The van der Waals surface area contributed by atoms with Gasteiger partial charge in [-0.2, -0.15) is 5.10 Å². The van der Waals surface area contributed by atoms with Gasteiger partial charge in [0.25, 0.3) is 5.91 Å². The molecule has 128 valence electrons. The van der Waals surface area contributed by atoms with Crippen LogP contribution in [-0.4, -0.2) is 45.4 Å². The van der Waals surface area contributed by atoms with Crippen LogP contribution in [0.15, 0.2) is 36.5 Å². The lowest BCUT2D eigenvalue weighted by Gasteiger charge is -2.30. The molecule has 1 aromatic heterocycles. The maximum absolute atomic E-state index is 13.8. The zero-order valence-corrected chi connectivity index (χ0v) is 13.7. The third-order valence-corrected chi connectivity index (χ3v) is 4.63. The maximum atomic E-state index is 13.8. The number of carbonyl (C=O) groups is 1. The normalized spacial score (nSPS) is 20.8. The Morgan fingerprint density at radius 2 is 2.08 bits per heavy atom. The second-order valence-corrected chi connectivity index (χ2v) is 6.39. The highest BCUT2D eigenvalue weighted by Gasteiger charge is 2.26. The van der Waals surface area contributed by atoms with E-state index in [0.29, 0.717) is 12.2 Å². The summed E-state index contributed by atoms with van der Waals surface area (Å²) in [6, 6.07) is 7.88. The Morgan fingerprint density at radius 1 is 1.33 bits per heavy atom. The first-order valence-corrected chi connectivity index (χ1v) is 8.30. The molecule has 2 aromatic rings. The van der Waals surface area contributed by atoms with Gasteiger partial charge in [-0.1, -0.05) is 25.0 Å². The summed E-state index contributed by atoms with van der Waals surface area (Å²) in [5, 5.41) is 14.3. The first-order valence-electron chi connectivity index (χ1n) is 8.30. The summed E-state index contributed by atoms with van der Waals surface area (Å²) in [4.78, 5) is 14.1. The van der Waals surface area contributed by atoms with E-state index in [1.807, 2.05) is 0 Å². The average Bonchev–Trinajstić information content (AvgIpc) is 3.06.